The lowest BCUT2D eigenvalue weighted by Crippen LogP contribution is -2.37. The van der Waals surface area contributed by atoms with Crippen LogP contribution in [0.1, 0.15) is 30.4 Å². The van der Waals surface area contributed by atoms with Gasteiger partial charge in [-0.1, -0.05) is 36.4 Å². The van der Waals surface area contributed by atoms with E-state index < -0.39 is 0 Å². The van der Waals surface area contributed by atoms with Crippen molar-refractivity contribution in [1.29, 1.82) is 0 Å². The number of nitrogens with zero attached hydrogens (tertiary/aromatic N) is 1. The van der Waals surface area contributed by atoms with Gasteiger partial charge in [-0.15, -0.1) is 0 Å². The van der Waals surface area contributed by atoms with Crippen LogP contribution in [-0.2, 0) is 6.54 Å². The summed E-state index contributed by atoms with van der Waals surface area (Å²) in [5.74, 6) is 0.387. The summed E-state index contributed by atoms with van der Waals surface area (Å²) >= 11 is 0. The zero-order valence-electron chi connectivity index (χ0n) is 13.9. The van der Waals surface area contributed by atoms with Crippen molar-refractivity contribution >= 4 is 5.57 Å². The van der Waals surface area contributed by atoms with Crippen LogP contribution in [0.4, 0.5) is 4.39 Å². The fourth-order valence-electron chi connectivity index (χ4n) is 4.04. The second kappa shape index (κ2) is 6.40. The number of methoxy groups -OCH3 is 1. The number of ether oxygens (including phenoxy) is 1. The summed E-state index contributed by atoms with van der Waals surface area (Å²) < 4.78 is 19.5. The van der Waals surface area contributed by atoms with Gasteiger partial charge in [-0.05, 0) is 42.5 Å². The lowest BCUT2D eigenvalue weighted by Gasteiger charge is -2.34. The SMILES string of the molecule is COc1ccc(C2=CC3CCC(C2)N3Cc2ccccc2)c(F)c1. The minimum absolute atomic E-state index is 0.184. The summed E-state index contributed by atoms with van der Waals surface area (Å²) in [7, 11) is 1.57. The molecule has 3 heteroatoms. The second-order valence-electron chi connectivity index (χ2n) is 6.70. The minimum atomic E-state index is -0.184. The molecule has 24 heavy (non-hydrogen) atoms. The molecule has 0 aromatic heterocycles. The summed E-state index contributed by atoms with van der Waals surface area (Å²) in [5, 5.41) is 0. The molecule has 2 aromatic carbocycles. The van der Waals surface area contributed by atoms with Crippen LogP contribution in [0.15, 0.2) is 54.6 Å². The molecular weight excluding hydrogens is 301 g/mol. The Morgan fingerprint density at radius 3 is 2.67 bits per heavy atom. The third kappa shape index (κ3) is 2.84. The molecule has 0 spiro atoms. The average molecular weight is 323 g/mol. The van der Waals surface area contributed by atoms with E-state index in [1.54, 1.807) is 7.11 Å². The highest BCUT2D eigenvalue weighted by Gasteiger charge is 2.36. The predicted octanol–water partition coefficient (Wildman–Crippen LogP) is 4.65. The Hall–Kier alpha value is -2.13. The lowest BCUT2D eigenvalue weighted by molar-refractivity contribution is 0.203. The van der Waals surface area contributed by atoms with Gasteiger partial charge in [-0.3, -0.25) is 4.90 Å². The van der Waals surface area contributed by atoms with Gasteiger partial charge in [0.2, 0.25) is 0 Å². The Morgan fingerprint density at radius 2 is 1.96 bits per heavy atom. The van der Waals surface area contributed by atoms with Gasteiger partial charge in [0.05, 0.1) is 7.11 Å². The fourth-order valence-corrected chi connectivity index (χ4v) is 4.04. The van der Waals surface area contributed by atoms with Crippen LogP contribution in [0.5, 0.6) is 5.75 Å². The van der Waals surface area contributed by atoms with Gasteiger partial charge in [0.25, 0.3) is 0 Å². The summed E-state index contributed by atoms with van der Waals surface area (Å²) in [6.07, 6.45) is 5.55. The molecule has 2 nitrogen and oxygen atoms in total. The van der Waals surface area contributed by atoms with E-state index in [0.29, 0.717) is 17.8 Å². The molecule has 2 atom stereocenters. The topological polar surface area (TPSA) is 12.5 Å². The van der Waals surface area contributed by atoms with Crippen LogP contribution < -0.4 is 4.74 Å². The third-order valence-electron chi connectivity index (χ3n) is 5.27. The van der Waals surface area contributed by atoms with E-state index in [-0.39, 0.29) is 5.82 Å². The quantitative estimate of drug-likeness (QED) is 0.812. The largest absolute Gasteiger partial charge is 0.497 e. The first-order chi connectivity index (χ1) is 11.7. The van der Waals surface area contributed by atoms with Crippen molar-refractivity contribution in [2.45, 2.75) is 37.9 Å². The maximum Gasteiger partial charge on any atom is 0.134 e. The zero-order chi connectivity index (χ0) is 16.5. The van der Waals surface area contributed by atoms with E-state index in [0.717, 1.165) is 24.1 Å². The first kappa shape index (κ1) is 15.4. The molecular formula is C21H22FNO. The molecule has 2 heterocycles. The smallest absolute Gasteiger partial charge is 0.134 e. The predicted molar refractivity (Wildman–Crippen MR) is 94.3 cm³/mol. The van der Waals surface area contributed by atoms with E-state index >= 15 is 0 Å². The van der Waals surface area contributed by atoms with Crippen LogP contribution in [0.2, 0.25) is 0 Å². The molecule has 0 N–H and O–H groups in total. The Balaban J connectivity index is 1.58. The van der Waals surface area contributed by atoms with Gasteiger partial charge in [0.1, 0.15) is 11.6 Å². The van der Waals surface area contributed by atoms with Gasteiger partial charge in [-0.2, -0.15) is 0 Å². The van der Waals surface area contributed by atoms with Crippen LogP contribution in [0, 0.1) is 5.82 Å². The molecule has 1 saturated heterocycles. The molecule has 2 unspecified atom stereocenters. The highest BCUT2D eigenvalue weighted by atomic mass is 19.1. The lowest BCUT2D eigenvalue weighted by atomic mass is 9.94. The highest BCUT2D eigenvalue weighted by Crippen LogP contribution is 2.40. The highest BCUT2D eigenvalue weighted by molar-refractivity contribution is 5.69. The van der Waals surface area contributed by atoms with Crippen molar-refractivity contribution in [3.63, 3.8) is 0 Å². The molecule has 0 radical (unpaired) electrons. The number of benzene rings is 2. The number of fused-ring (bicyclic) bond motifs is 2. The molecule has 2 aliphatic heterocycles. The first-order valence-corrected chi connectivity index (χ1v) is 8.59. The van der Waals surface area contributed by atoms with E-state index in [1.807, 2.05) is 12.1 Å². The number of hydrogen-bond acceptors (Lipinski definition) is 2. The Labute approximate surface area is 142 Å². The van der Waals surface area contributed by atoms with Gasteiger partial charge >= 0.3 is 0 Å². The number of hydrogen-bond donors (Lipinski definition) is 0. The van der Waals surface area contributed by atoms with Gasteiger partial charge in [-0.25, -0.2) is 4.39 Å². The van der Waals surface area contributed by atoms with Crippen LogP contribution in [0.3, 0.4) is 0 Å². The second-order valence-corrected chi connectivity index (χ2v) is 6.70. The molecule has 1 fully saturated rings. The fraction of sp³-hybridized carbons (Fsp3) is 0.333. The number of halogens is 1. The summed E-state index contributed by atoms with van der Waals surface area (Å²) in [6.45, 7) is 0.977. The molecule has 0 saturated carbocycles. The molecule has 4 rings (SSSR count). The van der Waals surface area contributed by atoms with Crippen LogP contribution in [-0.4, -0.2) is 24.1 Å². The normalized spacial score (nSPS) is 23.2. The number of rotatable bonds is 4. The Bertz CT molecular complexity index is 756. The molecule has 2 aliphatic rings. The molecule has 124 valence electrons. The Kier molecular flexibility index (Phi) is 4.11. The molecule has 0 aliphatic carbocycles. The molecule has 2 aromatic rings. The maximum absolute atomic E-state index is 14.4. The van der Waals surface area contributed by atoms with E-state index in [9.17, 15) is 4.39 Å². The standard InChI is InChI=1S/C21H22FNO/c1-24-19-9-10-20(21(22)13-19)16-11-17-7-8-18(12-16)23(17)14-15-5-3-2-4-6-15/h2-6,9-11,13,17-18H,7-8,12,14H2,1H3. The Morgan fingerprint density at radius 1 is 1.12 bits per heavy atom. The van der Waals surface area contributed by atoms with Crippen molar-refractivity contribution in [1.82, 2.24) is 4.90 Å². The maximum atomic E-state index is 14.4. The summed E-state index contributed by atoms with van der Waals surface area (Å²) in [5.41, 5.74) is 3.22. The van der Waals surface area contributed by atoms with Crippen molar-refractivity contribution < 1.29 is 9.13 Å². The van der Waals surface area contributed by atoms with Crippen molar-refractivity contribution in [3.8, 4) is 5.75 Å². The third-order valence-corrected chi connectivity index (χ3v) is 5.27. The van der Waals surface area contributed by atoms with Gasteiger partial charge < -0.3 is 4.74 Å². The minimum Gasteiger partial charge on any atom is -0.497 e. The monoisotopic (exact) mass is 323 g/mol. The van der Waals surface area contributed by atoms with Gasteiger partial charge in [0.15, 0.2) is 0 Å². The molecule has 0 amide bonds. The summed E-state index contributed by atoms with van der Waals surface area (Å²) in [6, 6.07) is 16.7. The van der Waals surface area contributed by atoms with Crippen LogP contribution >= 0.6 is 0 Å². The van der Waals surface area contributed by atoms with Gasteiger partial charge in [0, 0.05) is 30.3 Å². The van der Waals surface area contributed by atoms with Crippen molar-refractivity contribution in [2.24, 2.45) is 0 Å². The summed E-state index contributed by atoms with van der Waals surface area (Å²) in [4.78, 5) is 2.57. The van der Waals surface area contributed by atoms with Crippen molar-refractivity contribution in [2.75, 3.05) is 7.11 Å². The van der Waals surface area contributed by atoms with E-state index in [4.69, 9.17) is 4.74 Å². The van der Waals surface area contributed by atoms with Crippen LogP contribution in [0.25, 0.3) is 5.57 Å². The molecule has 2 bridgehead atoms. The zero-order valence-corrected chi connectivity index (χ0v) is 13.9. The van der Waals surface area contributed by atoms with Crippen molar-refractivity contribution in [3.05, 3.63) is 71.6 Å². The van der Waals surface area contributed by atoms with E-state index in [2.05, 4.69) is 41.3 Å². The van der Waals surface area contributed by atoms with E-state index in [1.165, 1.54) is 24.5 Å². The first-order valence-electron chi connectivity index (χ1n) is 8.59. The average Bonchev–Trinajstić information content (AvgIpc) is 2.84.